The first-order valence-electron chi connectivity index (χ1n) is 3.77. The van der Waals surface area contributed by atoms with Crippen LogP contribution in [0.15, 0.2) is 22.8 Å². The summed E-state index contributed by atoms with van der Waals surface area (Å²) in [6.07, 6.45) is 1.57. The number of nitrogens with one attached hydrogen (secondary N) is 1. The summed E-state index contributed by atoms with van der Waals surface area (Å²) < 4.78 is 5.09. The van der Waals surface area contributed by atoms with Crippen LogP contribution in [0.2, 0.25) is 0 Å². The SMILES string of the molecule is C[C@H](NC(=O)CN)c1ccco1. The zero-order chi connectivity index (χ0) is 8.97. The molecule has 1 rings (SSSR count). The van der Waals surface area contributed by atoms with Gasteiger partial charge in [-0.05, 0) is 19.1 Å². The fourth-order valence-electron chi connectivity index (χ4n) is 0.909. The van der Waals surface area contributed by atoms with Crippen LogP contribution < -0.4 is 11.1 Å². The molecule has 66 valence electrons. The lowest BCUT2D eigenvalue weighted by Gasteiger charge is -2.09. The second-order valence-electron chi connectivity index (χ2n) is 2.51. The van der Waals surface area contributed by atoms with Crippen LogP contribution in [-0.4, -0.2) is 12.5 Å². The number of nitrogens with two attached hydrogens (primary N) is 1. The van der Waals surface area contributed by atoms with E-state index in [1.165, 1.54) is 0 Å². The summed E-state index contributed by atoms with van der Waals surface area (Å²) >= 11 is 0. The topological polar surface area (TPSA) is 68.3 Å². The predicted molar refractivity (Wildman–Crippen MR) is 44.3 cm³/mol. The van der Waals surface area contributed by atoms with Crippen LogP contribution in [0.4, 0.5) is 0 Å². The minimum Gasteiger partial charge on any atom is -0.467 e. The smallest absolute Gasteiger partial charge is 0.234 e. The molecule has 0 saturated heterocycles. The van der Waals surface area contributed by atoms with Gasteiger partial charge in [0.25, 0.3) is 0 Å². The average Bonchev–Trinajstić information content (AvgIpc) is 2.56. The zero-order valence-corrected chi connectivity index (χ0v) is 6.91. The maximum atomic E-state index is 10.8. The third-order valence-corrected chi connectivity index (χ3v) is 1.53. The van der Waals surface area contributed by atoms with E-state index >= 15 is 0 Å². The third-order valence-electron chi connectivity index (χ3n) is 1.53. The maximum absolute atomic E-state index is 10.8. The van der Waals surface area contributed by atoms with Crippen LogP contribution in [0.5, 0.6) is 0 Å². The highest BCUT2D eigenvalue weighted by molar-refractivity contribution is 5.78. The second-order valence-corrected chi connectivity index (χ2v) is 2.51. The summed E-state index contributed by atoms with van der Waals surface area (Å²) in [7, 11) is 0. The molecule has 0 radical (unpaired) electrons. The van der Waals surface area contributed by atoms with Gasteiger partial charge >= 0.3 is 0 Å². The highest BCUT2D eigenvalue weighted by Gasteiger charge is 2.09. The number of hydrogen-bond acceptors (Lipinski definition) is 3. The Labute approximate surface area is 70.7 Å². The number of furan rings is 1. The molecule has 1 atom stereocenters. The summed E-state index contributed by atoms with van der Waals surface area (Å²) in [4.78, 5) is 10.8. The van der Waals surface area contributed by atoms with Crippen molar-refractivity contribution in [2.45, 2.75) is 13.0 Å². The van der Waals surface area contributed by atoms with E-state index in [9.17, 15) is 4.79 Å². The van der Waals surface area contributed by atoms with Crippen LogP contribution in [0.25, 0.3) is 0 Å². The van der Waals surface area contributed by atoms with E-state index in [0.29, 0.717) is 0 Å². The Kier molecular flexibility index (Phi) is 2.88. The van der Waals surface area contributed by atoms with E-state index in [1.54, 1.807) is 12.3 Å². The quantitative estimate of drug-likeness (QED) is 0.687. The summed E-state index contributed by atoms with van der Waals surface area (Å²) in [5.41, 5.74) is 5.13. The van der Waals surface area contributed by atoms with Gasteiger partial charge in [0, 0.05) is 0 Å². The van der Waals surface area contributed by atoms with Crippen molar-refractivity contribution < 1.29 is 9.21 Å². The third kappa shape index (κ3) is 2.10. The molecule has 3 N–H and O–H groups in total. The standard InChI is InChI=1S/C8H12N2O2/c1-6(10-8(11)5-9)7-3-2-4-12-7/h2-4,6H,5,9H2,1H3,(H,10,11)/t6-/m0/s1. The summed E-state index contributed by atoms with van der Waals surface area (Å²) in [5.74, 6) is 0.552. The van der Waals surface area contributed by atoms with Gasteiger partial charge in [-0.3, -0.25) is 4.79 Å². The molecular weight excluding hydrogens is 156 g/mol. The molecule has 12 heavy (non-hydrogen) atoms. The van der Waals surface area contributed by atoms with Crippen molar-refractivity contribution in [1.82, 2.24) is 5.32 Å². The van der Waals surface area contributed by atoms with Gasteiger partial charge in [-0.2, -0.15) is 0 Å². The van der Waals surface area contributed by atoms with E-state index in [4.69, 9.17) is 10.2 Å². The number of amides is 1. The molecule has 4 nitrogen and oxygen atoms in total. The number of rotatable bonds is 3. The summed E-state index contributed by atoms with van der Waals surface area (Å²) in [5, 5.41) is 2.67. The van der Waals surface area contributed by atoms with E-state index in [1.807, 2.05) is 13.0 Å². The Bertz CT molecular complexity index is 244. The molecule has 0 spiro atoms. The molecular formula is C8H12N2O2. The van der Waals surface area contributed by atoms with Crippen LogP contribution in [0, 0.1) is 0 Å². The molecule has 0 aliphatic carbocycles. The van der Waals surface area contributed by atoms with Crippen molar-refractivity contribution in [3.8, 4) is 0 Å². The van der Waals surface area contributed by atoms with Crippen molar-refractivity contribution >= 4 is 5.91 Å². The molecule has 0 unspecified atom stereocenters. The Hall–Kier alpha value is -1.29. The monoisotopic (exact) mass is 168 g/mol. The molecule has 4 heteroatoms. The van der Waals surface area contributed by atoms with Crippen molar-refractivity contribution in [3.63, 3.8) is 0 Å². The number of carbonyl (C=O) groups excluding carboxylic acids is 1. The van der Waals surface area contributed by atoms with Crippen molar-refractivity contribution in [3.05, 3.63) is 24.2 Å². The Morgan fingerprint density at radius 1 is 1.83 bits per heavy atom. The van der Waals surface area contributed by atoms with Gasteiger partial charge < -0.3 is 15.5 Å². The van der Waals surface area contributed by atoms with E-state index < -0.39 is 0 Å². The van der Waals surface area contributed by atoms with Gasteiger partial charge in [0.15, 0.2) is 0 Å². The minimum atomic E-state index is -0.182. The fourth-order valence-corrected chi connectivity index (χ4v) is 0.909. The first-order chi connectivity index (χ1) is 5.74. The molecule has 0 aliphatic rings. The zero-order valence-electron chi connectivity index (χ0n) is 6.91. The lowest BCUT2D eigenvalue weighted by molar-refractivity contribution is -0.120. The Morgan fingerprint density at radius 3 is 3.08 bits per heavy atom. The molecule has 0 bridgehead atoms. The van der Waals surface area contributed by atoms with Crippen LogP contribution in [0.3, 0.4) is 0 Å². The first-order valence-corrected chi connectivity index (χ1v) is 3.77. The minimum absolute atomic E-state index is 0.00501. The Balaban J connectivity index is 2.49. The van der Waals surface area contributed by atoms with Crippen LogP contribution in [0.1, 0.15) is 18.7 Å². The molecule has 0 saturated carbocycles. The average molecular weight is 168 g/mol. The molecule has 1 amide bonds. The van der Waals surface area contributed by atoms with E-state index in [-0.39, 0.29) is 18.5 Å². The first kappa shape index (κ1) is 8.80. The van der Waals surface area contributed by atoms with E-state index in [0.717, 1.165) is 5.76 Å². The molecule has 0 fully saturated rings. The molecule has 1 aromatic heterocycles. The highest BCUT2D eigenvalue weighted by atomic mass is 16.3. The van der Waals surface area contributed by atoms with Crippen molar-refractivity contribution in [1.29, 1.82) is 0 Å². The van der Waals surface area contributed by atoms with E-state index in [2.05, 4.69) is 5.32 Å². The maximum Gasteiger partial charge on any atom is 0.234 e. The molecule has 1 aromatic rings. The van der Waals surface area contributed by atoms with Gasteiger partial charge in [-0.25, -0.2) is 0 Å². The molecule has 0 aliphatic heterocycles. The fraction of sp³-hybridized carbons (Fsp3) is 0.375. The van der Waals surface area contributed by atoms with Gasteiger partial charge in [-0.1, -0.05) is 0 Å². The van der Waals surface area contributed by atoms with Gasteiger partial charge in [0.1, 0.15) is 5.76 Å². The highest BCUT2D eigenvalue weighted by Crippen LogP contribution is 2.11. The van der Waals surface area contributed by atoms with Gasteiger partial charge in [0.2, 0.25) is 5.91 Å². The number of hydrogen-bond donors (Lipinski definition) is 2. The lowest BCUT2D eigenvalue weighted by Crippen LogP contribution is -2.32. The second kappa shape index (κ2) is 3.92. The largest absolute Gasteiger partial charge is 0.467 e. The van der Waals surface area contributed by atoms with Crippen LogP contribution >= 0.6 is 0 Å². The van der Waals surface area contributed by atoms with Gasteiger partial charge in [0.05, 0.1) is 18.8 Å². The molecule has 0 aromatic carbocycles. The summed E-state index contributed by atoms with van der Waals surface area (Å²) in [6, 6.07) is 3.47. The van der Waals surface area contributed by atoms with Crippen molar-refractivity contribution in [2.75, 3.05) is 6.54 Å². The van der Waals surface area contributed by atoms with Gasteiger partial charge in [-0.15, -0.1) is 0 Å². The lowest BCUT2D eigenvalue weighted by atomic mass is 10.2. The normalized spacial score (nSPS) is 12.5. The Morgan fingerprint density at radius 2 is 2.58 bits per heavy atom. The van der Waals surface area contributed by atoms with Crippen molar-refractivity contribution in [2.24, 2.45) is 5.73 Å². The molecule has 1 heterocycles. The number of carbonyl (C=O) groups is 1. The predicted octanol–water partition coefficient (Wildman–Crippen LogP) is 0.416. The van der Waals surface area contributed by atoms with Crippen LogP contribution in [-0.2, 0) is 4.79 Å². The summed E-state index contributed by atoms with van der Waals surface area (Å²) in [6.45, 7) is 1.84.